The Morgan fingerprint density at radius 2 is 1.75 bits per heavy atom. The van der Waals surface area contributed by atoms with E-state index < -0.39 is 23.9 Å². The van der Waals surface area contributed by atoms with Crippen molar-refractivity contribution < 1.29 is 18.4 Å². The molecular formula is C20H15BrF2N2O2S. The number of para-hydroxylation sites is 1. The fraction of sp³-hybridized carbons (Fsp3) is 0.150. The predicted molar refractivity (Wildman–Crippen MR) is 109 cm³/mol. The van der Waals surface area contributed by atoms with Gasteiger partial charge in [0.25, 0.3) is 12.3 Å². The number of nitrogens with zero attached hydrogens (tertiary/aromatic N) is 2. The van der Waals surface area contributed by atoms with E-state index in [0.29, 0.717) is 16.3 Å². The molecule has 0 N–H and O–H groups in total. The van der Waals surface area contributed by atoms with Crippen LogP contribution in [-0.2, 0) is 4.79 Å². The molecule has 4 nitrogen and oxygen atoms in total. The van der Waals surface area contributed by atoms with Gasteiger partial charge < -0.3 is 0 Å². The second-order valence-corrected chi connectivity index (χ2v) is 8.05. The number of benzene rings is 2. The number of rotatable bonds is 4. The Kier molecular flexibility index (Phi) is 6.00. The van der Waals surface area contributed by atoms with Gasteiger partial charge in [-0.25, -0.2) is 18.7 Å². The monoisotopic (exact) mass is 464 g/mol. The van der Waals surface area contributed by atoms with Crippen molar-refractivity contribution in [2.24, 2.45) is 0 Å². The van der Waals surface area contributed by atoms with Crippen LogP contribution in [-0.4, -0.2) is 16.8 Å². The Bertz CT molecular complexity index is 1030. The third kappa shape index (κ3) is 4.02. The summed E-state index contributed by atoms with van der Waals surface area (Å²) in [6.45, 7) is 2.77. The first-order valence-corrected chi connectivity index (χ1v) is 9.86. The van der Waals surface area contributed by atoms with Crippen molar-refractivity contribution >= 4 is 44.8 Å². The van der Waals surface area contributed by atoms with Gasteiger partial charge >= 0.3 is 0 Å². The van der Waals surface area contributed by atoms with Crippen LogP contribution in [0.3, 0.4) is 0 Å². The summed E-state index contributed by atoms with van der Waals surface area (Å²) in [5.74, 6) is -1.38. The number of imide groups is 1. The minimum Gasteiger partial charge on any atom is -0.274 e. The molecule has 8 heteroatoms. The van der Waals surface area contributed by atoms with E-state index in [1.807, 2.05) is 24.3 Å². The molecule has 0 radical (unpaired) electrons. The fourth-order valence-corrected chi connectivity index (χ4v) is 3.93. The van der Waals surface area contributed by atoms with E-state index >= 15 is 0 Å². The van der Waals surface area contributed by atoms with E-state index in [2.05, 4.69) is 20.9 Å². The number of carbonyl (C=O) groups excluding carboxylic acids is 2. The first-order chi connectivity index (χ1) is 13.3. The fourth-order valence-electron chi connectivity index (χ4n) is 2.81. The standard InChI is InChI=1S/C20H15BrF2N2O2S/c1-11-24-17(19(22)23)18(28-11)20(27)25(12(2)26)16-6-4-3-5-15(16)13-7-9-14(21)10-8-13/h3-10,19H,1-2H3. The molecule has 3 rings (SSSR count). The van der Waals surface area contributed by atoms with E-state index in [0.717, 1.165) is 26.3 Å². The molecule has 2 aromatic carbocycles. The maximum Gasteiger partial charge on any atom is 0.282 e. The molecule has 1 aromatic heterocycles. The van der Waals surface area contributed by atoms with Gasteiger partial charge in [0.15, 0.2) is 0 Å². The molecule has 2 amide bonds. The van der Waals surface area contributed by atoms with Crippen LogP contribution in [0.5, 0.6) is 0 Å². The SMILES string of the molecule is CC(=O)N(C(=O)c1sc(C)nc1C(F)F)c1ccccc1-c1ccc(Br)cc1. The zero-order chi connectivity index (χ0) is 20.4. The Labute approximate surface area is 173 Å². The second-order valence-electron chi connectivity index (χ2n) is 5.93. The number of alkyl halides is 2. The number of thiazole rings is 1. The van der Waals surface area contributed by atoms with Crippen LogP contribution in [0, 0.1) is 6.92 Å². The first-order valence-electron chi connectivity index (χ1n) is 8.25. The van der Waals surface area contributed by atoms with Gasteiger partial charge in [-0.15, -0.1) is 11.3 Å². The van der Waals surface area contributed by atoms with E-state index in [9.17, 15) is 18.4 Å². The summed E-state index contributed by atoms with van der Waals surface area (Å²) in [7, 11) is 0. The topological polar surface area (TPSA) is 50.3 Å². The van der Waals surface area contributed by atoms with Gasteiger partial charge in [-0.3, -0.25) is 9.59 Å². The summed E-state index contributed by atoms with van der Waals surface area (Å²) in [6.07, 6.45) is -2.90. The number of hydrogen-bond donors (Lipinski definition) is 0. The number of halogens is 3. The minimum atomic E-state index is -2.90. The van der Waals surface area contributed by atoms with Crippen molar-refractivity contribution in [3.8, 4) is 11.1 Å². The van der Waals surface area contributed by atoms with Crippen molar-refractivity contribution in [1.29, 1.82) is 0 Å². The normalized spacial score (nSPS) is 10.9. The van der Waals surface area contributed by atoms with E-state index in [-0.39, 0.29) is 4.88 Å². The number of aromatic nitrogens is 1. The highest BCUT2D eigenvalue weighted by molar-refractivity contribution is 9.10. The molecule has 3 aromatic rings. The lowest BCUT2D eigenvalue weighted by Gasteiger charge is -2.22. The summed E-state index contributed by atoms with van der Waals surface area (Å²) in [4.78, 5) is 29.9. The van der Waals surface area contributed by atoms with Crippen molar-refractivity contribution in [1.82, 2.24) is 4.98 Å². The van der Waals surface area contributed by atoms with Gasteiger partial charge in [-0.05, 0) is 30.7 Å². The van der Waals surface area contributed by atoms with Crippen molar-refractivity contribution in [3.63, 3.8) is 0 Å². The summed E-state index contributed by atoms with van der Waals surface area (Å²) >= 11 is 4.23. The zero-order valence-electron chi connectivity index (χ0n) is 14.9. The summed E-state index contributed by atoms with van der Waals surface area (Å²) in [5, 5.41) is 0.336. The third-order valence-corrected chi connectivity index (χ3v) is 5.48. The molecule has 0 aliphatic heterocycles. The molecule has 0 bridgehead atoms. The Balaban J connectivity index is 2.13. The summed E-state index contributed by atoms with van der Waals surface area (Å²) < 4.78 is 27.6. The number of aryl methyl sites for hydroxylation is 1. The number of amides is 2. The van der Waals surface area contributed by atoms with Crippen LogP contribution < -0.4 is 4.90 Å². The lowest BCUT2D eigenvalue weighted by molar-refractivity contribution is -0.115. The van der Waals surface area contributed by atoms with Gasteiger partial charge in [0, 0.05) is 17.0 Å². The first kappa shape index (κ1) is 20.3. The van der Waals surface area contributed by atoms with Gasteiger partial charge in [0.2, 0.25) is 5.91 Å². The molecule has 0 aliphatic carbocycles. The average molecular weight is 465 g/mol. The lowest BCUT2D eigenvalue weighted by atomic mass is 10.0. The van der Waals surface area contributed by atoms with E-state index in [1.54, 1.807) is 31.2 Å². The van der Waals surface area contributed by atoms with Crippen molar-refractivity contribution in [2.45, 2.75) is 20.3 Å². The second kappa shape index (κ2) is 8.28. The molecule has 0 saturated heterocycles. The molecule has 0 saturated carbocycles. The molecule has 0 aliphatic rings. The van der Waals surface area contributed by atoms with Gasteiger partial charge in [0.1, 0.15) is 10.6 Å². The maximum atomic E-state index is 13.3. The van der Waals surface area contributed by atoms with Crippen molar-refractivity contribution in [3.05, 3.63) is 68.6 Å². The van der Waals surface area contributed by atoms with E-state index in [1.165, 1.54) is 6.92 Å². The van der Waals surface area contributed by atoms with Crippen LogP contribution in [0.15, 0.2) is 53.0 Å². The molecule has 0 atom stereocenters. The molecule has 144 valence electrons. The van der Waals surface area contributed by atoms with Gasteiger partial charge in [-0.2, -0.15) is 0 Å². The zero-order valence-corrected chi connectivity index (χ0v) is 17.4. The number of anilines is 1. The molecule has 28 heavy (non-hydrogen) atoms. The van der Waals surface area contributed by atoms with Crippen LogP contribution in [0.2, 0.25) is 0 Å². The highest BCUT2D eigenvalue weighted by Gasteiger charge is 2.31. The van der Waals surface area contributed by atoms with Crippen LogP contribution in [0.25, 0.3) is 11.1 Å². The lowest BCUT2D eigenvalue weighted by Crippen LogP contribution is -2.35. The molecular weight excluding hydrogens is 450 g/mol. The smallest absolute Gasteiger partial charge is 0.274 e. The van der Waals surface area contributed by atoms with Gasteiger partial charge in [0.05, 0.1) is 10.7 Å². The Morgan fingerprint density at radius 1 is 1.11 bits per heavy atom. The van der Waals surface area contributed by atoms with Crippen LogP contribution in [0.1, 0.15) is 33.7 Å². The Hall–Kier alpha value is -2.45. The summed E-state index contributed by atoms with van der Waals surface area (Å²) in [5.41, 5.74) is 1.15. The highest BCUT2D eigenvalue weighted by Crippen LogP contribution is 2.35. The summed E-state index contributed by atoms with van der Waals surface area (Å²) in [6, 6.07) is 14.2. The average Bonchev–Trinajstić information content (AvgIpc) is 3.05. The van der Waals surface area contributed by atoms with Gasteiger partial charge in [-0.1, -0.05) is 46.3 Å². The van der Waals surface area contributed by atoms with E-state index in [4.69, 9.17) is 0 Å². The molecule has 0 fully saturated rings. The minimum absolute atomic E-state index is 0.228. The number of hydrogen-bond acceptors (Lipinski definition) is 4. The number of carbonyl (C=O) groups is 2. The molecule has 1 heterocycles. The van der Waals surface area contributed by atoms with Crippen molar-refractivity contribution in [2.75, 3.05) is 4.90 Å². The van der Waals surface area contributed by atoms with Crippen LogP contribution in [0.4, 0.5) is 14.5 Å². The maximum absolute atomic E-state index is 13.3. The largest absolute Gasteiger partial charge is 0.282 e. The molecule has 0 spiro atoms. The molecule has 0 unspecified atom stereocenters. The Morgan fingerprint density at radius 3 is 2.36 bits per heavy atom. The highest BCUT2D eigenvalue weighted by atomic mass is 79.9. The third-order valence-electron chi connectivity index (χ3n) is 3.98. The predicted octanol–water partition coefficient (Wildman–Crippen LogP) is 6.01. The quantitative estimate of drug-likeness (QED) is 0.474. The van der Waals surface area contributed by atoms with Crippen LogP contribution >= 0.6 is 27.3 Å².